The van der Waals surface area contributed by atoms with E-state index in [2.05, 4.69) is 15.3 Å². The number of H-pyrrole nitrogens is 1. The molecule has 0 aliphatic rings. The number of benzene rings is 2. The van der Waals surface area contributed by atoms with Gasteiger partial charge >= 0.3 is 0 Å². The fraction of sp³-hybridized carbons (Fsp3) is 0.158. The summed E-state index contributed by atoms with van der Waals surface area (Å²) in [5.41, 5.74) is 1.95. The number of anilines is 1. The standard InChI is InChI=1S/C19H14Cl2N4O2/c20-11-5-6-14(13(21)9-11)25-19(27)12(10-22)17(26)7-8-18-23-15-3-1-2-4-16(15)24-18/h1-6,9,12H,7-8H2,(H,23,24)(H,25,27). The number of hydrogen-bond acceptors (Lipinski definition) is 4. The molecule has 0 aliphatic heterocycles. The number of carbonyl (C=O) groups is 2. The zero-order valence-electron chi connectivity index (χ0n) is 14.0. The van der Waals surface area contributed by atoms with Crippen molar-refractivity contribution in [3.8, 4) is 6.07 Å². The molecule has 3 rings (SSSR count). The summed E-state index contributed by atoms with van der Waals surface area (Å²) in [7, 11) is 0. The molecule has 2 aromatic carbocycles. The number of imidazole rings is 1. The molecule has 136 valence electrons. The highest BCUT2D eigenvalue weighted by Crippen LogP contribution is 2.26. The molecule has 1 heterocycles. The number of Topliss-reactive ketones (excluding diaryl/α,β-unsaturated/α-hetero) is 1. The van der Waals surface area contributed by atoms with Crippen LogP contribution < -0.4 is 5.32 Å². The second kappa shape index (κ2) is 8.21. The van der Waals surface area contributed by atoms with E-state index in [-0.39, 0.29) is 17.1 Å². The van der Waals surface area contributed by atoms with Gasteiger partial charge in [-0.15, -0.1) is 0 Å². The highest BCUT2D eigenvalue weighted by molar-refractivity contribution is 6.36. The molecule has 2 N–H and O–H groups in total. The second-order valence-electron chi connectivity index (χ2n) is 5.84. The predicted molar refractivity (Wildman–Crippen MR) is 104 cm³/mol. The van der Waals surface area contributed by atoms with Gasteiger partial charge in [0.05, 0.1) is 27.8 Å². The molecule has 27 heavy (non-hydrogen) atoms. The monoisotopic (exact) mass is 400 g/mol. The van der Waals surface area contributed by atoms with Crippen molar-refractivity contribution in [2.45, 2.75) is 12.8 Å². The summed E-state index contributed by atoms with van der Waals surface area (Å²) in [6.07, 6.45) is 0.320. The van der Waals surface area contributed by atoms with E-state index < -0.39 is 17.6 Å². The third-order valence-electron chi connectivity index (χ3n) is 3.95. The number of nitrogens with one attached hydrogen (secondary N) is 2. The maximum absolute atomic E-state index is 12.4. The third kappa shape index (κ3) is 4.45. The van der Waals surface area contributed by atoms with Gasteiger partial charge < -0.3 is 10.3 Å². The Balaban J connectivity index is 1.64. The smallest absolute Gasteiger partial charge is 0.249 e. The molecule has 0 radical (unpaired) electrons. The van der Waals surface area contributed by atoms with Gasteiger partial charge in [0.2, 0.25) is 5.91 Å². The van der Waals surface area contributed by atoms with Crippen molar-refractivity contribution in [3.63, 3.8) is 0 Å². The van der Waals surface area contributed by atoms with Gasteiger partial charge in [-0.25, -0.2) is 4.98 Å². The van der Waals surface area contributed by atoms with Crippen LogP contribution in [0.4, 0.5) is 5.69 Å². The van der Waals surface area contributed by atoms with E-state index in [9.17, 15) is 14.9 Å². The van der Waals surface area contributed by atoms with Crippen molar-refractivity contribution in [1.82, 2.24) is 9.97 Å². The summed E-state index contributed by atoms with van der Waals surface area (Å²) in [4.78, 5) is 32.2. The van der Waals surface area contributed by atoms with Crippen molar-refractivity contribution >= 4 is 51.6 Å². The van der Waals surface area contributed by atoms with Crippen LogP contribution in [0.15, 0.2) is 42.5 Å². The lowest BCUT2D eigenvalue weighted by atomic mass is 10.0. The van der Waals surface area contributed by atoms with Gasteiger partial charge in [0, 0.05) is 17.9 Å². The van der Waals surface area contributed by atoms with Gasteiger partial charge in [-0.05, 0) is 30.3 Å². The molecule has 1 amide bonds. The van der Waals surface area contributed by atoms with Crippen molar-refractivity contribution < 1.29 is 9.59 Å². The molecule has 1 atom stereocenters. The van der Waals surface area contributed by atoms with Crippen molar-refractivity contribution in [2.24, 2.45) is 5.92 Å². The molecule has 0 saturated carbocycles. The molecular weight excluding hydrogens is 387 g/mol. The molecule has 0 saturated heterocycles. The molecule has 3 aromatic rings. The Labute approximate surface area is 165 Å². The van der Waals surface area contributed by atoms with E-state index in [1.165, 1.54) is 12.1 Å². The topological polar surface area (TPSA) is 98.6 Å². The molecular formula is C19H14Cl2N4O2. The van der Waals surface area contributed by atoms with E-state index in [0.29, 0.717) is 17.3 Å². The minimum atomic E-state index is -1.43. The van der Waals surface area contributed by atoms with Crippen molar-refractivity contribution in [1.29, 1.82) is 5.26 Å². The number of hydrogen-bond donors (Lipinski definition) is 2. The van der Waals surface area contributed by atoms with E-state index in [1.807, 2.05) is 24.3 Å². The fourth-order valence-corrected chi connectivity index (χ4v) is 3.04. The maximum Gasteiger partial charge on any atom is 0.249 e. The normalized spacial score (nSPS) is 11.7. The number of nitrogens with zero attached hydrogens (tertiary/aromatic N) is 2. The Bertz CT molecular complexity index is 1020. The molecule has 1 unspecified atom stereocenters. The highest BCUT2D eigenvalue weighted by atomic mass is 35.5. The second-order valence-corrected chi connectivity index (χ2v) is 6.69. The van der Waals surface area contributed by atoms with Gasteiger partial charge in [0.1, 0.15) is 5.82 Å². The van der Waals surface area contributed by atoms with Crippen molar-refractivity contribution in [3.05, 3.63) is 58.3 Å². The number of carbonyl (C=O) groups excluding carboxylic acids is 2. The van der Waals surface area contributed by atoms with Gasteiger partial charge in [-0.2, -0.15) is 5.26 Å². The Kier molecular flexibility index (Phi) is 5.75. The Morgan fingerprint density at radius 1 is 1.22 bits per heavy atom. The summed E-state index contributed by atoms with van der Waals surface area (Å²) in [6, 6.07) is 13.8. The van der Waals surface area contributed by atoms with Gasteiger partial charge in [0.25, 0.3) is 0 Å². The lowest BCUT2D eigenvalue weighted by Gasteiger charge is -2.10. The Morgan fingerprint density at radius 3 is 2.70 bits per heavy atom. The quantitative estimate of drug-likeness (QED) is 0.606. The van der Waals surface area contributed by atoms with Crippen LogP contribution in [0.2, 0.25) is 10.0 Å². The highest BCUT2D eigenvalue weighted by Gasteiger charge is 2.26. The number of amides is 1. The first-order valence-electron chi connectivity index (χ1n) is 8.10. The minimum Gasteiger partial charge on any atom is -0.342 e. The maximum atomic E-state index is 12.4. The van der Waals surface area contributed by atoms with E-state index >= 15 is 0 Å². The Morgan fingerprint density at radius 2 is 2.00 bits per heavy atom. The predicted octanol–water partition coefficient (Wildman–Crippen LogP) is 4.15. The molecule has 0 fully saturated rings. The van der Waals surface area contributed by atoms with Crippen molar-refractivity contribution in [2.75, 3.05) is 5.32 Å². The first-order chi connectivity index (χ1) is 13.0. The van der Waals surface area contributed by atoms with Gasteiger partial charge in [0.15, 0.2) is 11.7 Å². The number of ketones is 1. The lowest BCUT2D eigenvalue weighted by Crippen LogP contribution is -2.29. The average molecular weight is 401 g/mol. The zero-order chi connectivity index (χ0) is 19.4. The number of fused-ring (bicyclic) bond motifs is 1. The minimum absolute atomic E-state index is 0.0137. The summed E-state index contributed by atoms with van der Waals surface area (Å²) >= 11 is 11.8. The number of halogens is 2. The van der Waals surface area contributed by atoms with Gasteiger partial charge in [-0.1, -0.05) is 35.3 Å². The number of aromatic nitrogens is 2. The number of nitriles is 1. The molecule has 6 nitrogen and oxygen atoms in total. The van der Waals surface area contributed by atoms with E-state index in [0.717, 1.165) is 11.0 Å². The first-order valence-corrected chi connectivity index (χ1v) is 8.85. The summed E-state index contributed by atoms with van der Waals surface area (Å²) < 4.78 is 0. The number of aryl methyl sites for hydroxylation is 1. The number of para-hydroxylation sites is 2. The fourth-order valence-electron chi connectivity index (χ4n) is 2.58. The number of rotatable bonds is 6. The number of aromatic amines is 1. The van der Waals surface area contributed by atoms with Crippen LogP contribution in [0, 0.1) is 17.2 Å². The summed E-state index contributed by atoms with van der Waals surface area (Å²) in [6.45, 7) is 0. The average Bonchev–Trinajstić information content (AvgIpc) is 3.06. The van der Waals surface area contributed by atoms with Crippen LogP contribution in [0.1, 0.15) is 12.2 Å². The van der Waals surface area contributed by atoms with E-state index in [1.54, 1.807) is 12.1 Å². The summed E-state index contributed by atoms with van der Waals surface area (Å²) in [5, 5.41) is 12.4. The summed E-state index contributed by atoms with van der Waals surface area (Å²) in [5.74, 6) is -2.01. The molecule has 0 spiro atoms. The Hall–Kier alpha value is -2.88. The molecule has 0 bridgehead atoms. The van der Waals surface area contributed by atoms with Crippen LogP contribution in [-0.4, -0.2) is 21.7 Å². The third-order valence-corrected chi connectivity index (χ3v) is 4.50. The molecule has 0 aliphatic carbocycles. The SMILES string of the molecule is N#CC(C(=O)CCc1nc2ccccc2[nH]1)C(=O)Nc1ccc(Cl)cc1Cl. The van der Waals surface area contributed by atoms with E-state index in [4.69, 9.17) is 23.2 Å². The largest absolute Gasteiger partial charge is 0.342 e. The van der Waals surface area contributed by atoms with Crippen LogP contribution in [0.5, 0.6) is 0 Å². The van der Waals surface area contributed by atoms with Crippen LogP contribution in [-0.2, 0) is 16.0 Å². The lowest BCUT2D eigenvalue weighted by molar-refractivity contribution is -0.128. The van der Waals surface area contributed by atoms with Crippen LogP contribution in [0.3, 0.4) is 0 Å². The first kappa shape index (κ1) is 18.9. The van der Waals surface area contributed by atoms with Crippen LogP contribution >= 0.6 is 23.2 Å². The van der Waals surface area contributed by atoms with Gasteiger partial charge in [-0.3, -0.25) is 9.59 Å². The molecule has 8 heteroatoms. The molecule has 1 aromatic heterocycles. The van der Waals surface area contributed by atoms with Crippen LogP contribution in [0.25, 0.3) is 11.0 Å². The zero-order valence-corrected chi connectivity index (χ0v) is 15.5.